The Bertz CT molecular complexity index is 949. The molecule has 1 heterocycles. The Morgan fingerprint density at radius 1 is 1.26 bits per heavy atom. The maximum atomic E-state index is 9.51. The lowest BCUT2D eigenvalue weighted by molar-refractivity contribution is 0.393. The van der Waals surface area contributed by atoms with Crippen LogP contribution in [0, 0.1) is 11.3 Å². The third-order valence-corrected chi connectivity index (χ3v) is 4.80. The fraction of sp³-hybridized carbons (Fsp3) is 0.300. The summed E-state index contributed by atoms with van der Waals surface area (Å²) in [5.41, 5.74) is 3.37. The van der Waals surface area contributed by atoms with Gasteiger partial charge in [0, 0.05) is 6.54 Å². The zero-order chi connectivity index (χ0) is 19.2. The second-order valence-electron chi connectivity index (χ2n) is 6.55. The molecule has 1 atom stereocenters. The van der Waals surface area contributed by atoms with Crippen LogP contribution in [0.3, 0.4) is 0 Å². The average molecular weight is 363 g/mol. The minimum Gasteiger partial charge on any atom is -0.497 e. The normalized spacial score (nSPS) is 11.9. The summed E-state index contributed by atoms with van der Waals surface area (Å²) in [6.45, 7) is 0.774. The smallest absolute Gasteiger partial charge is 0.452 e. The van der Waals surface area contributed by atoms with Crippen molar-refractivity contribution in [2.45, 2.75) is 31.6 Å². The summed E-state index contributed by atoms with van der Waals surface area (Å²) >= 11 is 0. The maximum absolute atomic E-state index is 9.51. The second-order valence-corrected chi connectivity index (χ2v) is 6.55. The Labute approximate surface area is 158 Å². The monoisotopic (exact) mass is 363 g/mol. The Morgan fingerprint density at radius 2 is 2.07 bits per heavy atom. The van der Waals surface area contributed by atoms with Gasteiger partial charge < -0.3 is 19.4 Å². The van der Waals surface area contributed by atoms with Gasteiger partial charge in [-0.2, -0.15) is 5.26 Å². The lowest BCUT2D eigenvalue weighted by atomic mass is 9.73. The number of aromatic nitrogens is 2. The molecule has 0 radical (unpaired) electrons. The van der Waals surface area contributed by atoms with E-state index < -0.39 is 7.12 Å². The lowest BCUT2D eigenvalue weighted by Crippen LogP contribution is -2.17. The van der Waals surface area contributed by atoms with E-state index in [0.717, 1.165) is 36.0 Å². The molecule has 0 spiro atoms. The molecule has 3 rings (SSSR count). The van der Waals surface area contributed by atoms with Crippen molar-refractivity contribution in [2.75, 3.05) is 7.11 Å². The van der Waals surface area contributed by atoms with E-state index in [1.807, 2.05) is 36.7 Å². The van der Waals surface area contributed by atoms with E-state index in [-0.39, 0.29) is 12.2 Å². The van der Waals surface area contributed by atoms with Crippen LogP contribution in [-0.2, 0) is 6.54 Å². The van der Waals surface area contributed by atoms with E-state index in [2.05, 4.69) is 15.6 Å². The third-order valence-electron chi connectivity index (χ3n) is 4.80. The third kappa shape index (κ3) is 4.48. The summed E-state index contributed by atoms with van der Waals surface area (Å²) in [6, 6.07) is 15.5. The Morgan fingerprint density at radius 3 is 2.81 bits per heavy atom. The van der Waals surface area contributed by atoms with Gasteiger partial charge in [-0.25, -0.2) is 4.98 Å². The standard InChI is InChI=1S/C20H22BN3O3/c1-27-17-8-9-18(16(11-17)13-22)15(12-21(25)26)5-4-10-24-14-23-19-6-2-3-7-20(19)24/h2-3,6-9,11,14-15,25-26H,4-5,10,12H2,1H3. The quantitative estimate of drug-likeness (QED) is 0.601. The summed E-state index contributed by atoms with van der Waals surface area (Å²) in [4.78, 5) is 4.40. The van der Waals surface area contributed by atoms with E-state index >= 15 is 0 Å². The number of methoxy groups -OCH3 is 1. The number of rotatable bonds is 8. The van der Waals surface area contributed by atoms with Gasteiger partial charge in [-0.15, -0.1) is 0 Å². The minimum atomic E-state index is -1.42. The van der Waals surface area contributed by atoms with Gasteiger partial charge in [-0.05, 0) is 54.9 Å². The van der Waals surface area contributed by atoms with Gasteiger partial charge in [-0.1, -0.05) is 18.2 Å². The fourth-order valence-corrected chi connectivity index (χ4v) is 3.47. The molecule has 0 bridgehead atoms. The highest BCUT2D eigenvalue weighted by Crippen LogP contribution is 2.31. The van der Waals surface area contributed by atoms with Gasteiger partial charge in [0.15, 0.2) is 0 Å². The number of benzene rings is 2. The number of aryl methyl sites for hydroxylation is 1. The number of para-hydroxylation sites is 2. The van der Waals surface area contributed by atoms with Crippen LogP contribution in [0.1, 0.15) is 29.9 Å². The number of nitriles is 1. The van der Waals surface area contributed by atoms with Gasteiger partial charge in [0.05, 0.1) is 36.1 Å². The molecule has 1 unspecified atom stereocenters. The minimum absolute atomic E-state index is 0.125. The first-order valence-corrected chi connectivity index (χ1v) is 8.96. The summed E-state index contributed by atoms with van der Waals surface area (Å²) < 4.78 is 7.28. The van der Waals surface area contributed by atoms with Crippen molar-refractivity contribution in [1.82, 2.24) is 9.55 Å². The van der Waals surface area contributed by atoms with Gasteiger partial charge in [0.2, 0.25) is 0 Å². The average Bonchev–Trinajstić information content (AvgIpc) is 3.09. The predicted molar refractivity (Wildman–Crippen MR) is 104 cm³/mol. The number of ether oxygens (including phenoxy) is 1. The lowest BCUT2D eigenvalue weighted by Gasteiger charge is -2.19. The molecule has 0 saturated heterocycles. The molecule has 1 aromatic heterocycles. The van der Waals surface area contributed by atoms with Crippen LogP contribution in [0.4, 0.5) is 0 Å². The van der Waals surface area contributed by atoms with Crippen LogP contribution in [0.5, 0.6) is 5.75 Å². The van der Waals surface area contributed by atoms with Crippen molar-refractivity contribution in [3.63, 3.8) is 0 Å². The van der Waals surface area contributed by atoms with E-state index in [1.54, 1.807) is 19.2 Å². The molecule has 0 amide bonds. The predicted octanol–water partition coefficient (Wildman–Crippen LogP) is 2.95. The molecule has 0 aliphatic carbocycles. The zero-order valence-corrected chi connectivity index (χ0v) is 15.2. The SMILES string of the molecule is COc1ccc(C(CCCn2cnc3ccccc32)CB(O)O)c(C#N)c1. The molecule has 27 heavy (non-hydrogen) atoms. The van der Waals surface area contributed by atoms with Crippen LogP contribution < -0.4 is 4.74 Å². The second kappa shape index (κ2) is 8.71. The highest BCUT2D eigenvalue weighted by atomic mass is 16.5. The molecule has 0 aliphatic rings. The molecular formula is C20H22BN3O3. The summed E-state index contributed by atoms with van der Waals surface area (Å²) in [7, 11) is 0.137. The summed E-state index contributed by atoms with van der Waals surface area (Å²) in [6.07, 6.45) is 3.57. The molecular weight excluding hydrogens is 341 g/mol. The molecule has 0 aliphatic heterocycles. The van der Waals surface area contributed by atoms with Crippen LogP contribution in [0.2, 0.25) is 6.32 Å². The van der Waals surface area contributed by atoms with E-state index in [4.69, 9.17) is 4.74 Å². The molecule has 2 N–H and O–H groups in total. The zero-order valence-electron chi connectivity index (χ0n) is 15.2. The molecule has 2 aromatic carbocycles. The number of hydrogen-bond donors (Lipinski definition) is 2. The van der Waals surface area contributed by atoms with Gasteiger partial charge in [-0.3, -0.25) is 0 Å². The number of hydrogen-bond acceptors (Lipinski definition) is 5. The number of nitrogens with zero attached hydrogens (tertiary/aromatic N) is 3. The first-order chi connectivity index (χ1) is 13.1. The van der Waals surface area contributed by atoms with Crippen molar-refractivity contribution >= 4 is 18.2 Å². The van der Waals surface area contributed by atoms with Gasteiger partial charge >= 0.3 is 7.12 Å². The Kier molecular flexibility index (Phi) is 6.12. The molecule has 0 fully saturated rings. The van der Waals surface area contributed by atoms with Crippen LogP contribution in [-0.4, -0.2) is 33.8 Å². The molecule has 3 aromatic rings. The van der Waals surface area contributed by atoms with Crippen molar-refractivity contribution in [2.24, 2.45) is 0 Å². The topological polar surface area (TPSA) is 91.3 Å². The van der Waals surface area contributed by atoms with E-state index in [9.17, 15) is 15.3 Å². The first-order valence-electron chi connectivity index (χ1n) is 8.96. The fourth-order valence-electron chi connectivity index (χ4n) is 3.47. The molecule has 138 valence electrons. The van der Waals surface area contributed by atoms with Crippen molar-refractivity contribution < 1.29 is 14.8 Å². The summed E-state index contributed by atoms with van der Waals surface area (Å²) in [5.74, 6) is 0.490. The van der Waals surface area contributed by atoms with Crippen LogP contribution in [0.15, 0.2) is 48.8 Å². The van der Waals surface area contributed by atoms with E-state index in [0.29, 0.717) is 11.3 Å². The number of imidazole rings is 1. The molecule has 7 heteroatoms. The maximum Gasteiger partial charge on any atom is 0.452 e. The van der Waals surface area contributed by atoms with Crippen molar-refractivity contribution in [1.29, 1.82) is 5.26 Å². The van der Waals surface area contributed by atoms with Crippen molar-refractivity contribution in [3.05, 3.63) is 59.9 Å². The van der Waals surface area contributed by atoms with Crippen LogP contribution in [0.25, 0.3) is 11.0 Å². The van der Waals surface area contributed by atoms with Gasteiger partial charge in [0.1, 0.15) is 5.75 Å². The Balaban J connectivity index is 1.75. The summed E-state index contributed by atoms with van der Waals surface area (Å²) in [5, 5.41) is 28.5. The first kappa shape index (κ1) is 19.0. The molecule has 6 nitrogen and oxygen atoms in total. The van der Waals surface area contributed by atoms with Crippen molar-refractivity contribution in [3.8, 4) is 11.8 Å². The Hall–Kier alpha value is -2.82. The van der Waals surface area contributed by atoms with E-state index in [1.165, 1.54) is 0 Å². The molecule has 0 saturated carbocycles. The largest absolute Gasteiger partial charge is 0.497 e. The van der Waals surface area contributed by atoms with Crippen LogP contribution >= 0.6 is 0 Å². The number of fused-ring (bicyclic) bond motifs is 1. The highest BCUT2D eigenvalue weighted by molar-refractivity contribution is 6.41. The highest BCUT2D eigenvalue weighted by Gasteiger charge is 2.22. The van der Waals surface area contributed by atoms with Gasteiger partial charge in [0.25, 0.3) is 0 Å².